The highest BCUT2D eigenvalue weighted by Gasteiger charge is 2.17. The van der Waals surface area contributed by atoms with Crippen molar-refractivity contribution in [1.29, 1.82) is 0 Å². The zero-order valence-corrected chi connectivity index (χ0v) is 8.97. The number of aryl methyl sites for hydroxylation is 1. The van der Waals surface area contributed by atoms with E-state index < -0.39 is 0 Å². The fourth-order valence-corrected chi connectivity index (χ4v) is 2.02. The number of nitrogens with one attached hydrogen (secondary N) is 1. The summed E-state index contributed by atoms with van der Waals surface area (Å²) in [6.07, 6.45) is 2.23. The molecule has 0 aromatic heterocycles. The lowest BCUT2D eigenvalue weighted by Crippen LogP contribution is -2.29. The van der Waals surface area contributed by atoms with Crippen LogP contribution < -0.4 is 5.32 Å². The van der Waals surface area contributed by atoms with Crippen molar-refractivity contribution >= 4 is 17.3 Å². The van der Waals surface area contributed by atoms with E-state index in [1.54, 1.807) is 7.11 Å². The van der Waals surface area contributed by atoms with Crippen LogP contribution in [0.25, 0.3) is 0 Å². The number of anilines is 1. The van der Waals surface area contributed by atoms with Crippen LogP contribution >= 0.6 is 11.6 Å². The molecule has 0 fully saturated rings. The maximum Gasteiger partial charge on any atom is 0.0664 e. The fraction of sp³-hybridized carbons (Fsp3) is 0.455. The average Bonchev–Trinajstić information content (AvgIpc) is 2.17. The molecule has 2 nitrogen and oxygen atoms in total. The summed E-state index contributed by atoms with van der Waals surface area (Å²) in [7, 11) is 1.73. The number of benzene rings is 1. The Morgan fingerprint density at radius 3 is 3.21 bits per heavy atom. The highest BCUT2D eigenvalue weighted by Crippen LogP contribution is 2.27. The van der Waals surface area contributed by atoms with Crippen LogP contribution in [0.4, 0.5) is 5.69 Å². The summed E-state index contributed by atoms with van der Waals surface area (Å²) in [5, 5.41) is 4.22. The van der Waals surface area contributed by atoms with Gasteiger partial charge in [0.15, 0.2) is 0 Å². The minimum atomic E-state index is 0.422. The molecule has 1 aromatic rings. The SMILES string of the molecule is COCC1CCc2ccc(Cl)cc2N1. The van der Waals surface area contributed by atoms with Gasteiger partial charge in [-0.25, -0.2) is 0 Å². The molecule has 3 heteroatoms. The normalized spacial score (nSPS) is 20.0. The molecule has 0 amide bonds. The first-order valence-electron chi connectivity index (χ1n) is 4.83. The van der Waals surface area contributed by atoms with Crippen molar-refractivity contribution in [1.82, 2.24) is 0 Å². The third kappa shape index (κ3) is 2.02. The maximum atomic E-state index is 5.93. The number of ether oxygens (including phenoxy) is 1. The van der Waals surface area contributed by atoms with Crippen molar-refractivity contribution < 1.29 is 4.74 Å². The van der Waals surface area contributed by atoms with Gasteiger partial charge < -0.3 is 10.1 Å². The minimum absolute atomic E-state index is 0.422. The summed E-state index contributed by atoms with van der Waals surface area (Å²) in [5.41, 5.74) is 2.51. The van der Waals surface area contributed by atoms with Crippen LogP contribution in [0.5, 0.6) is 0 Å². The van der Waals surface area contributed by atoms with Gasteiger partial charge in [-0.05, 0) is 30.5 Å². The van der Waals surface area contributed by atoms with Crippen LogP contribution in [0.1, 0.15) is 12.0 Å². The first-order valence-corrected chi connectivity index (χ1v) is 5.21. The number of methoxy groups -OCH3 is 1. The molecule has 1 aliphatic heterocycles. The van der Waals surface area contributed by atoms with Crippen LogP contribution in [0.3, 0.4) is 0 Å². The second-order valence-corrected chi connectivity index (χ2v) is 4.07. The molecule has 1 N–H and O–H groups in total. The maximum absolute atomic E-state index is 5.93. The Morgan fingerprint density at radius 1 is 1.57 bits per heavy atom. The van der Waals surface area contributed by atoms with Gasteiger partial charge in [0.1, 0.15) is 0 Å². The van der Waals surface area contributed by atoms with E-state index in [1.807, 2.05) is 12.1 Å². The zero-order chi connectivity index (χ0) is 9.97. The molecule has 0 aliphatic carbocycles. The molecule has 76 valence electrons. The van der Waals surface area contributed by atoms with Crippen molar-refractivity contribution in [3.63, 3.8) is 0 Å². The quantitative estimate of drug-likeness (QED) is 0.812. The molecule has 0 saturated carbocycles. The van der Waals surface area contributed by atoms with Crippen LogP contribution in [0, 0.1) is 0 Å². The van der Waals surface area contributed by atoms with Crippen LogP contribution in [-0.2, 0) is 11.2 Å². The summed E-state index contributed by atoms with van der Waals surface area (Å²) in [6, 6.07) is 6.44. The molecule has 1 atom stereocenters. The van der Waals surface area contributed by atoms with Gasteiger partial charge in [0, 0.05) is 23.9 Å². The molecule has 1 unspecified atom stereocenters. The van der Waals surface area contributed by atoms with Crippen molar-refractivity contribution in [2.45, 2.75) is 18.9 Å². The minimum Gasteiger partial charge on any atom is -0.383 e. The van der Waals surface area contributed by atoms with Gasteiger partial charge in [0.05, 0.1) is 6.61 Å². The Hall–Kier alpha value is -0.730. The second kappa shape index (κ2) is 4.20. The molecule has 1 aromatic carbocycles. The van der Waals surface area contributed by atoms with E-state index in [0.717, 1.165) is 30.2 Å². The number of halogens is 1. The molecule has 0 radical (unpaired) electrons. The molecule has 0 spiro atoms. The van der Waals surface area contributed by atoms with Crippen molar-refractivity contribution in [2.75, 3.05) is 19.0 Å². The number of fused-ring (bicyclic) bond motifs is 1. The monoisotopic (exact) mass is 211 g/mol. The second-order valence-electron chi connectivity index (χ2n) is 3.64. The lowest BCUT2D eigenvalue weighted by atomic mass is 9.99. The van der Waals surface area contributed by atoms with E-state index in [0.29, 0.717) is 6.04 Å². The average molecular weight is 212 g/mol. The van der Waals surface area contributed by atoms with E-state index in [9.17, 15) is 0 Å². The molecule has 14 heavy (non-hydrogen) atoms. The van der Waals surface area contributed by atoms with E-state index in [2.05, 4.69) is 11.4 Å². The Morgan fingerprint density at radius 2 is 2.43 bits per heavy atom. The van der Waals surface area contributed by atoms with E-state index in [1.165, 1.54) is 5.56 Å². The molecule has 0 bridgehead atoms. The van der Waals surface area contributed by atoms with Crippen molar-refractivity contribution in [3.05, 3.63) is 28.8 Å². The molecule has 1 heterocycles. The summed E-state index contributed by atoms with van der Waals surface area (Å²) in [6.45, 7) is 0.756. The Balaban J connectivity index is 2.16. The fourth-order valence-electron chi connectivity index (χ4n) is 1.85. The predicted octanol–water partition coefficient (Wildman–Crippen LogP) is 2.71. The third-order valence-corrected chi connectivity index (χ3v) is 2.80. The Kier molecular flexibility index (Phi) is 2.94. The molecular formula is C11H14ClNO. The zero-order valence-electron chi connectivity index (χ0n) is 8.22. The van der Waals surface area contributed by atoms with Crippen LogP contribution in [0.2, 0.25) is 5.02 Å². The summed E-state index contributed by atoms with van der Waals surface area (Å²) in [5.74, 6) is 0. The van der Waals surface area contributed by atoms with Gasteiger partial charge in [-0.1, -0.05) is 17.7 Å². The first kappa shape index (κ1) is 9.81. The summed E-state index contributed by atoms with van der Waals surface area (Å²) < 4.78 is 5.13. The van der Waals surface area contributed by atoms with Crippen LogP contribution in [-0.4, -0.2) is 19.8 Å². The van der Waals surface area contributed by atoms with E-state index in [4.69, 9.17) is 16.3 Å². The van der Waals surface area contributed by atoms with E-state index in [-0.39, 0.29) is 0 Å². The number of hydrogen-bond acceptors (Lipinski definition) is 2. The molecular weight excluding hydrogens is 198 g/mol. The number of hydrogen-bond donors (Lipinski definition) is 1. The molecule has 2 rings (SSSR count). The third-order valence-electron chi connectivity index (χ3n) is 2.56. The standard InChI is InChI=1S/C11H14ClNO/c1-14-7-10-5-3-8-2-4-9(12)6-11(8)13-10/h2,4,6,10,13H,3,5,7H2,1H3. The lowest BCUT2D eigenvalue weighted by Gasteiger charge is -2.26. The summed E-state index contributed by atoms with van der Waals surface area (Å²) >= 11 is 5.93. The topological polar surface area (TPSA) is 21.3 Å². The summed E-state index contributed by atoms with van der Waals surface area (Å²) in [4.78, 5) is 0. The first-order chi connectivity index (χ1) is 6.79. The predicted molar refractivity (Wildman–Crippen MR) is 59.1 cm³/mol. The largest absolute Gasteiger partial charge is 0.383 e. The highest BCUT2D eigenvalue weighted by atomic mass is 35.5. The van der Waals surface area contributed by atoms with Gasteiger partial charge in [-0.2, -0.15) is 0 Å². The smallest absolute Gasteiger partial charge is 0.0664 e. The number of rotatable bonds is 2. The van der Waals surface area contributed by atoms with Crippen molar-refractivity contribution in [3.8, 4) is 0 Å². The van der Waals surface area contributed by atoms with Gasteiger partial charge in [-0.3, -0.25) is 0 Å². The van der Waals surface area contributed by atoms with Gasteiger partial charge >= 0.3 is 0 Å². The van der Waals surface area contributed by atoms with Crippen molar-refractivity contribution in [2.24, 2.45) is 0 Å². The highest BCUT2D eigenvalue weighted by molar-refractivity contribution is 6.30. The Labute approximate surface area is 89.2 Å². The van der Waals surface area contributed by atoms with Gasteiger partial charge in [-0.15, -0.1) is 0 Å². The lowest BCUT2D eigenvalue weighted by molar-refractivity contribution is 0.182. The molecule has 1 aliphatic rings. The Bertz CT molecular complexity index is 327. The van der Waals surface area contributed by atoms with E-state index >= 15 is 0 Å². The van der Waals surface area contributed by atoms with Gasteiger partial charge in [0.2, 0.25) is 0 Å². The molecule has 0 saturated heterocycles. The van der Waals surface area contributed by atoms with Crippen LogP contribution in [0.15, 0.2) is 18.2 Å². The van der Waals surface area contributed by atoms with Gasteiger partial charge in [0.25, 0.3) is 0 Å².